The molecule has 0 aliphatic rings. The average Bonchev–Trinajstić information content (AvgIpc) is 2.62. The molecule has 0 aliphatic carbocycles. The zero-order valence-corrected chi connectivity index (χ0v) is 9.14. The molecular formula is C8H13N3O2S. The summed E-state index contributed by atoms with van der Waals surface area (Å²) in [5, 5.41) is 2.46. The van der Waals surface area contributed by atoms with Gasteiger partial charge in [0, 0.05) is 18.2 Å². The van der Waals surface area contributed by atoms with Gasteiger partial charge < -0.3 is 4.74 Å². The normalized spacial score (nSPS) is 14.9. The first kappa shape index (κ1) is 11.1. The smallest absolute Gasteiger partial charge is 0.272 e. The molecule has 0 saturated carbocycles. The fourth-order valence-corrected chi connectivity index (χ4v) is 1.92. The highest BCUT2D eigenvalue weighted by atomic mass is 32.1. The Labute approximate surface area is 86.3 Å². The first-order valence-corrected chi connectivity index (χ1v) is 4.91. The van der Waals surface area contributed by atoms with Gasteiger partial charge in [0.2, 0.25) is 0 Å². The number of aromatic nitrogens is 1. The molecule has 0 spiro atoms. The fraction of sp³-hybridized carbons (Fsp3) is 0.500. The van der Waals surface area contributed by atoms with E-state index in [-0.39, 0.29) is 0 Å². The molecule has 1 atom stereocenters. The molecule has 78 valence electrons. The van der Waals surface area contributed by atoms with E-state index in [0.717, 1.165) is 5.69 Å². The maximum atomic E-state index is 11.5. The number of hydrogen-bond donors (Lipinski definition) is 2. The Balaban J connectivity index is 3.07. The van der Waals surface area contributed by atoms with Gasteiger partial charge in [-0.3, -0.25) is 10.2 Å². The fourth-order valence-electron chi connectivity index (χ4n) is 0.988. The molecule has 1 unspecified atom stereocenters. The molecule has 3 N–H and O–H groups in total. The number of aryl methyl sites for hydroxylation is 1. The average molecular weight is 215 g/mol. The van der Waals surface area contributed by atoms with Crippen molar-refractivity contribution in [2.24, 2.45) is 5.84 Å². The maximum absolute atomic E-state index is 11.5. The molecule has 5 nitrogen and oxygen atoms in total. The van der Waals surface area contributed by atoms with Gasteiger partial charge in [0.1, 0.15) is 5.01 Å². The minimum atomic E-state index is -1.10. The highest BCUT2D eigenvalue weighted by Gasteiger charge is 2.37. The molecular weight excluding hydrogens is 202 g/mol. The molecule has 0 aliphatic heterocycles. The molecule has 0 bridgehead atoms. The van der Waals surface area contributed by atoms with E-state index in [1.54, 1.807) is 6.92 Å². The number of methoxy groups -OCH3 is 1. The lowest BCUT2D eigenvalue weighted by molar-refractivity contribution is -0.142. The van der Waals surface area contributed by atoms with Crippen LogP contribution in [-0.4, -0.2) is 18.0 Å². The van der Waals surface area contributed by atoms with E-state index >= 15 is 0 Å². The quantitative estimate of drug-likeness (QED) is 0.432. The minimum absolute atomic E-state index is 0.408. The molecule has 0 radical (unpaired) electrons. The van der Waals surface area contributed by atoms with Crippen LogP contribution in [0.25, 0.3) is 0 Å². The Bertz CT molecular complexity index is 339. The van der Waals surface area contributed by atoms with Gasteiger partial charge in [-0.25, -0.2) is 10.8 Å². The Morgan fingerprint density at radius 3 is 2.79 bits per heavy atom. The first-order chi connectivity index (χ1) is 6.54. The van der Waals surface area contributed by atoms with Crippen LogP contribution >= 0.6 is 11.3 Å². The molecule has 6 heteroatoms. The van der Waals surface area contributed by atoms with E-state index in [1.165, 1.54) is 18.4 Å². The van der Waals surface area contributed by atoms with Gasteiger partial charge >= 0.3 is 0 Å². The van der Waals surface area contributed by atoms with Crippen LogP contribution in [0.15, 0.2) is 5.38 Å². The van der Waals surface area contributed by atoms with Crippen molar-refractivity contribution in [3.63, 3.8) is 0 Å². The summed E-state index contributed by atoms with van der Waals surface area (Å²) in [4.78, 5) is 15.7. The van der Waals surface area contributed by atoms with Crippen molar-refractivity contribution in [1.82, 2.24) is 10.4 Å². The van der Waals surface area contributed by atoms with Crippen LogP contribution in [0, 0.1) is 6.92 Å². The van der Waals surface area contributed by atoms with E-state index < -0.39 is 11.5 Å². The summed E-state index contributed by atoms with van der Waals surface area (Å²) in [7, 11) is 1.45. The predicted molar refractivity (Wildman–Crippen MR) is 53.5 cm³/mol. The number of nitrogens with one attached hydrogen (secondary N) is 1. The van der Waals surface area contributed by atoms with Gasteiger partial charge in [-0.2, -0.15) is 0 Å². The lowest BCUT2D eigenvalue weighted by Gasteiger charge is -2.22. The number of thiazole rings is 1. The lowest BCUT2D eigenvalue weighted by Crippen LogP contribution is -2.46. The number of rotatable bonds is 3. The second-order valence-electron chi connectivity index (χ2n) is 3.00. The number of nitrogens with zero attached hydrogens (tertiary/aromatic N) is 1. The van der Waals surface area contributed by atoms with E-state index in [4.69, 9.17) is 10.6 Å². The summed E-state index contributed by atoms with van der Waals surface area (Å²) in [5.74, 6) is 4.67. The zero-order valence-electron chi connectivity index (χ0n) is 8.33. The van der Waals surface area contributed by atoms with Crippen molar-refractivity contribution in [2.45, 2.75) is 19.4 Å². The Morgan fingerprint density at radius 1 is 1.79 bits per heavy atom. The van der Waals surface area contributed by atoms with E-state index in [0.29, 0.717) is 5.01 Å². The third-order valence-corrected chi connectivity index (χ3v) is 3.16. The van der Waals surface area contributed by atoms with Crippen LogP contribution in [0.1, 0.15) is 17.6 Å². The number of hydrazine groups is 1. The van der Waals surface area contributed by atoms with Crippen molar-refractivity contribution < 1.29 is 9.53 Å². The van der Waals surface area contributed by atoms with Gasteiger partial charge in [-0.1, -0.05) is 0 Å². The first-order valence-electron chi connectivity index (χ1n) is 4.03. The Morgan fingerprint density at radius 2 is 2.43 bits per heavy atom. The number of amides is 1. The molecule has 1 heterocycles. The Hall–Kier alpha value is -0.980. The van der Waals surface area contributed by atoms with Gasteiger partial charge in [0.15, 0.2) is 5.60 Å². The third kappa shape index (κ3) is 1.77. The van der Waals surface area contributed by atoms with Crippen LogP contribution in [0.3, 0.4) is 0 Å². The molecule has 0 fully saturated rings. The highest BCUT2D eigenvalue weighted by molar-refractivity contribution is 7.10. The van der Waals surface area contributed by atoms with Crippen LogP contribution < -0.4 is 11.3 Å². The maximum Gasteiger partial charge on any atom is 0.272 e. The number of carbonyl (C=O) groups excluding carboxylic acids is 1. The SMILES string of the molecule is COC(C)(C(=O)NN)c1nc(C)cs1. The molecule has 1 rings (SSSR count). The number of hydrogen-bond acceptors (Lipinski definition) is 5. The summed E-state index contributed by atoms with van der Waals surface area (Å²) in [6, 6.07) is 0. The van der Waals surface area contributed by atoms with Gasteiger partial charge in [0.05, 0.1) is 0 Å². The molecule has 1 amide bonds. The predicted octanol–water partition coefficient (Wildman–Crippen LogP) is 0.303. The molecule has 0 aromatic carbocycles. The summed E-state index contributed by atoms with van der Waals surface area (Å²) in [5.41, 5.74) is 1.82. The van der Waals surface area contributed by atoms with Crippen LogP contribution in [0.4, 0.5) is 0 Å². The van der Waals surface area contributed by atoms with Crippen molar-refractivity contribution in [1.29, 1.82) is 0 Å². The minimum Gasteiger partial charge on any atom is -0.362 e. The molecule has 1 aromatic rings. The van der Waals surface area contributed by atoms with Crippen molar-refractivity contribution >= 4 is 17.2 Å². The summed E-state index contributed by atoms with van der Waals surface area (Å²) in [6.45, 7) is 3.49. The lowest BCUT2D eigenvalue weighted by atomic mass is 10.1. The number of nitrogens with two attached hydrogens (primary N) is 1. The highest BCUT2D eigenvalue weighted by Crippen LogP contribution is 2.27. The van der Waals surface area contributed by atoms with E-state index in [2.05, 4.69) is 10.4 Å². The van der Waals surface area contributed by atoms with Crippen molar-refractivity contribution in [3.05, 3.63) is 16.1 Å². The van der Waals surface area contributed by atoms with Gasteiger partial charge in [-0.05, 0) is 13.8 Å². The Kier molecular flexibility index (Phi) is 3.20. The van der Waals surface area contributed by atoms with Gasteiger partial charge in [0.25, 0.3) is 5.91 Å². The van der Waals surface area contributed by atoms with E-state index in [1.807, 2.05) is 12.3 Å². The topological polar surface area (TPSA) is 77.2 Å². The third-order valence-electron chi connectivity index (χ3n) is 2.00. The summed E-state index contributed by atoms with van der Waals surface area (Å²) >= 11 is 1.37. The molecule has 0 saturated heterocycles. The summed E-state index contributed by atoms with van der Waals surface area (Å²) in [6.07, 6.45) is 0. The second-order valence-corrected chi connectivity index (χ2v) is 3.86. The van der Waals surface area contributed by atoms with Crippen molar-refractivity contribution in [2.75, 3.05) is 7.11 Å². The molecule has 14 heavy (non-hydrogen) atoms. The monoisotopic (exact) mass is 215 g/mol. The number of carbonyl (C=O) groups is 1. The zero-order chi connectivity index (χ0) is 10.8. The number of ether oxygens (including phenoxy) is 1. The van der Waals surface area contributed by atoms with Crippen LogP contribution in [0.2, 0.25) is 0 Å². The van der Waals surface area contributed by atoms with Crippen LogP contribution in [0.5, 0.6) is 0 Å². The van der Waals surface area contributed by atoms with E-state index in [9.17, 15) is 4.79 Å². The van der Waals surface area contributed by atoms with Gasteiger partial charge in [-0.15, -0.1) is 11.3 Å². The standard InChI is InChI=1S/C8H13N3O2S/c1-5-4-14-7(10-5)8(2,13-3)6(12)11-9/h4H,9H2,1-3H3,(H,11,12). The largest absolute Gasteiger partial charge is 0.362 e. The summed E-state index contributed by atoms with van der Waals surface area (Å²) < 4.78 is 5.15. The van der Waals surface area contributed by atoms with Crippen molar-refractivity contribution in [3.8, 4) is 0 Å². The second kappa shape index (κ2) is 4.04. The molecule has 1 aromatic heterocycles. The van der Waals surface area contributed by atoms with Crippen LogP contribution in [-0.2, 0) is 15.1 Å².